The summed E-state index contributed by atoms with van der Waals surface area (Å²) in [6.45, 7) is 0. The topological polar surface area (TPSA) is 71.0 Å². The van der Waals surface area contributed by atoms with Crippen LogP contribution in [0, 0.1) is 0 Å². The van der Waals surface area contributed by atoms with Crippen LogP contribution in [0.5, 0.6) is 5.75 Å². The van der Waals surface area contributed by atoms with E-state index in [1.165, 1.54) is 5.01 Å². The maximum absolute atomic E-state index is 12.2. The number of para-hydroxylation sites is 2. The van der Waals surface area contributed by atoms with Crippen LogP contribution in [0.3, 0.4) is 0 Å². The van der Waals surface area contributed by atoms with E-state index in [1.807, 2.05) is 42.5 Å². The van der Waals surface area contributed by atoms with Crippen LogP contribution in [-0.4, -0.2) is 24.8 Å². The minimum atomic E-state index is -0.174. The first-order chi connectivity index (χ1) is 12.2. The molecule has 0 spiro atoms. The molecule has 0 fully saturated rings. The summed E-state index contributed by atoms with van der Waals surface area (Å²) < 4.78 is 5.28. The fraction of sp³-hybridized carbons (Fsp3) is 0.211. The van der Waals surface area contributed by atoms with Gasteiger partial charge in [0, 0.05) is 6.42 Å². The first kappa shape index (κ1) is 16.7. The van der Waals surface area contributed by atoms with Gasteiger partial charge in [-0.2, -0.15) is 10.1 Å². The number of aryl methyl sites for hydroxylation is 1. The minimum Gasteiger partial charge on any atom is -0.496 e. The first-order valence-electron chi connectivity index (χ1n) is 8.04. The molecule has 0 aromatic heterocycles. The lowest BCUT2D eigenvalue weighted by atomic mass is 10.1. The Hall–Kier alpha value is -3.15. The molecular formula is C19H19N3O3. The Kier molecular flexibility index (Phi) is 5.09. The molecule has 1 aliphatic heterocycles. The van der Waals surface area contributed by atoms with Crippen molar-refractivity contribution < 1.29 is 14.3 Å². The van der Waals surface area contributed by atoms with Crippen molar-refractivity contribution in [3.05, 3.63) is 60.2 Å². The Labute approximate surface area is 146 Å². The highest BCUT2D eigenvalue weighted by Gasteiger charge is 2.26. The van der Waals surface area contributed by atoms with Gasteiger partial charge in [-0.15, -0.1) is 0 Å². The SMILES string of the molecule is COc1ccccc1CCC(=O)NC1=NN(c2ccccc2)C(=O)C1. The van der Waals surface area contributed by atoms with Crippen molar-refractivity contribution >= 4 is 23.3 Å². The van der Waals surface area contributed by atoms with Crippen molar-refractivity contribution in [2.75, 3.05) is 12.1 Å². The molecule has 3 rings (SSSR count). The van der Waals surface area contributed by atoms with E-state index < -0.39 is 0 Å². The van der Waals surface area contributed by atoms with Crippen LogP contribution in [-0.2, 0) is 16.0 Å². The number of amides is 2. The summed E-state index contributed by atoms with van der Waals surface area (Å²) in [6, 6.07) is 16.7. The van der Waals surface area contributed by atoms with Gasteiger partial charge in [-0.1, -0.05) is 36.4 Å². The molecule has 2 aromatic carbocycles. The number of nitrogens with zero attached hydrogens (tertiary/aromatic N) is 2. The smallest absolute Gasteiger partial charge is 0.255 e. The molecule has 1 heterocycles. The molecule has 1 aliphatic rings. The van der Waals surface area contributed by atoms with Crippen LogP contribution in [0.1, 0.15) is 18.4 Å². The Morgan fingerprint density at radius 2 is 1.88 bits per heavy atom. The molecule has 0 saturated carbocycles. The van der Waals surface area contributed by atoms with Crippen molar-refractivity contribution in [1.29, 1.82) is 0 Å². The lowest BCUT2D eigenvalue weighted by Gasteiger charge is -2.10. The zero-order valence-corrected chi connectivity index (χ0v) is 13.9. The third-order valence-corrected chi connectivity index (χ3v) is 3.87. The molecule has 128 valence electrons. The van der Waals surface area contributed by atoms with Crippen LogP contribution in [0.15, 0.2) is 59.7 Å². The van der Waals surface area contributed by atoms with Crippen molar-refractivity contribution in [2.45, 2.75) is 19.3 Å². The lowest BCUT2D eigenvalue weighted by Crippen LogP contribution is -2.29. The second-order valence-electron chi connectivity index (χ2n) is 5.62. The van der Waals surface area contributed by atoms with E-state index >= 15 is 0 Å². The average Bonchev–Trinajstić information content (AvgIpc) is 3.01. The molecule has 25 heavy (non-hydrogen) atoms. The Morgan fingerprint density at radius 3 is 2.64 bits per heavy atom. The van der Waals surface area contributed by atoms with E-state index in [4.69, 9.17) is 4.74 Å². The molecule has 0 saturated heterocycles. The quantitative estimate of drug-likeness (QED) is 0.911. The third kappa shape index (κ3) is 4.03. The van der Waals surface area contributed by atoms with Gasteiger partial charge in [-0.05, 0) is 30.2 Å². The van der Waals surface area contributed by atoms with Gasteiger partial charge in [0.2, 0.25) is 5.91 Å². The highest BCUT2D eigenvalue weighted by molar-refractivity contribution is 6.15. The Morgan fingerprint density at radius 1 is 1.16 bits per heavy atom. The van der Waals surface area contributed by atoms with Crippen LogP contribution in [0.4, 0.5) is 5.69 Å². The molecular weight excluding hydrogens is 318 g/mol. The molecule has 2 aromatic rings. The van der Waals surface area contributed by atoms with Crippen molar-refractivity contribution in [3.63, 3.8) is 0 Å². The number of rotatable bonds is 5. The number of ether oxygens (including phenoxy) is 1. The Balaban J connectivity index is 1.59. The third-order valence-electron chi connectivity index (χ3n) is 3.87. The summed E-state index contributed by atoms with van der Waals surface area (Å²) in [4.78, 5) is 24.2. The van der Waals surface area contributed by atoms with E-state index in [0.717, 1.165) is 11.3 Å². The van der Waals surface area contributed by atoms with E-state index in [1.54, 1.807) is 19.2 Å². The van der Waals surface area contributed by atoms with Crippen LogP contribution in [0.2, 0.25) is 0 Å². The molecule has 0 bridgehead atoms. The summed E-state index contributed by atoms with van der Waals surface area (Å²) in [5.74, 6) is 0.802. The first-order valence-corrected chi connectivity index (χ1v) is 8.04. The molecule has 0 radical (unpaired) electrons. The van der Waals surface area contributed by atoms with Crippen LogP contribution in [0.25, 0.3) is 0 Å². The van der Waals surface area contributed by atoms with Gasteiger partial charge in [0.25, 0.3) is 5.91 Å². The minimum absolute atomic E-state index is 0.0926. The average molecular weight is 337 g/mol. The van der Waals surface area contributed by atoms with E-state index in [-0.39, 0.29) is 18.2 Å². The summed E-state index contributed by atoms with van der Waals surface area (Å²) in [7, 11) is 1.61. The molecule has 6 nitrogen and oxygen atoms in total. The number of benzene rings is 2. The molecule has 2 amide bonds. The molecule has 0 unspecified atom stereocenters. The number of anilines is 1. The number of carbonyl (C=O) groups excluding carboxylic acids is 2. The molecule has 1 N–H and O–H groups in total. The molecule has 6 heteroatoms. The standard InChI is InChI=1S/C19H19N3O3/c1-25-16-10-6-5-7-14(16)11-12-18(23)20-17-13-19(24)22(21-17)15-8-3-2-4-9-15/h2-10H,11-13H2,1H3,(H,20,21,23). The van der Waals surface area contributed by atoms with Gasteiger partial charge < -0.3 is 10.1 Å². The number of nitrogens with one attached hydrogen (secondary N) is 1. The number of amidine groups is 1. The van der Waals surface area contributed by atoms with Crippen molar-refractivity contribution in [3.8, 4) is 5.75 Å². The summed E-state index contributed by atoms with van der Waals surface area (Å²) >= 11 is 0. The fourth-order valence-corrected chi connectivity index (χ4v) is 2.65. The number of hydrogen-bond acceptors (Lipinski definition) is 4. The molecule has 0 atom stereocenters. The van der Waals surface area contributed by atoms with Gasteiger partial charge in [-0.3, -0.25) is 9.59 Å². The van der Waals surface area contributed by atoms with Gasteiger partial charge in [0.1, 0.15) is 11.6 Å². The van der Waals surface area contributed by atoms with Crippen molar-refractivity contribution in [2.24, 2.45) is 5.10 Å². The summed E-state index contributed by atoms with van der Waals surface area (Å²) in [6.07, 6.45) is 0.938. The highest BCUT2D eigenvalue weighted by atomic mass is 16.5. The summed E-state index contributed by atoms with van der Waals surface area (Å²) in [5, 5.41) is 8.25. The Bertz CT molecular complexity index is 803. The zero-order valence-electron chi connectivity index (χ0n) is 13.9. The van der Waals surface area contributed by atoms with Gasteiger partial charge >= 0.3 is 0 Å². The number of hydrazone groups is 1. The van der Waals surface area contributed by atoms with Gasteiger partial charge in [0.15, 0.2) is 0 Å². The maximum atomic E-state index is 12.2. The van der Waals surface area contributed by atoms with Gasteiger partial charge in [-0.25, -0.2) is 0 Å². The zero-order chi connectivity index (χ0) is 17.6. The fourth-order valence-electron chi connectivity index (χ4n) is 2.65. The monoisotopic (exact) mass is 337 g/mol. The second kappa shape index (κ2) is 7.61. The number of methoxy groups -OCH3 is 1. The van der Waals surface area contributed by atoms with E-state index in [0.29, 0.717) is 24.4 Å². The van der Waals surface area contributed by atoms with Crippen LogP contribution < -0.4 is 15.1 Å². The number of hydrogen-bond donors (Lipinski definition) is 1. The van der Waals surface area contributed by atoms with E-state index in [2.05, 4.69) is 10.4 Å². The molecule has 0 aliphatic carbocycles. The lowest BCUT2D eigenvalue weighted by molar-refractivity contribution is -0.119. The normalized spacial score (nSPS) is 13.6. The summed E-state index contributed by atoms with van der Waals surface area (Å²) in [5.41, 5.74) is 1.65. The largest absolute Gasteiger partial charge is 0.496 e. The van der Waals surface area contributed by atoms with Crippen molar-refractivity contribution in [1.82, 2.24) is 5.32 Å². The van der Waals surface area contributed by atoms with E-state index in [9.17, 15) is 9.59 Å². The maximum Gasteiger partial charge on any atom is 0.255 e. The second-order valence-corrected chi connectivity index (χ2v) is 5.62. The highest BCUT2D eigenvalue weighted by Crippen LogP contribution is 2.20. The predicted molar refractivity (Wildman–Crippen MR) is 95.4 cm³/mol. The number of carbonyl (C=O) groups is 2. The van der Waals surface area contributed by atoms with Gasteiger partial charge in [0.05, 0.1) is 19.2 Å². The predicted octanol–water partition coefficient (Wildman–Crippen LogP) is 2.49. The van der Waals surface area contributed by atoms with Crippen LogP contribution >= 0.6 is 0 Å².